The van der Waals surface area contributed by atoms with Crippen molar-refractivity contribution in [2.24, 2.45) is 0 Å². The lowest BCUT2D eigenvalue weighted by molar-refractivity contribution is -0.0565. The molecule has 0 spiro atoms. The number of carbonyl (C=O) groups excluding carboxylic acids is 1. The van der Waals surface area contributed by atoms with Crippen LogP contribution in [0.4, 0.5) is 5.82 Å². The topological polar surface area (TPSA) is 114 Å². The number of nitrogens with zero attached hydrogens (tertiary/aromatic N) is 3. The van der Waals surface area contributed by atoms with E-state index in [-0.39, 0.29) is 46.1 Å². The minimum atomic E-state index is -2.80. The Kier molecular flexibility index (Phi) is 12.1. The summed E-state index contributed by atoms with van der Waals surface area (Å²) < 4.78 is 29.2. The van der Waals surface area contributed by atoms with Gasteiger partial charge in [-0.1, -0.05) is 90.4 Å². The van der Waals surface area contributed by atoms with Crippen LogP contribution in [0, 0.1) is 0 Å². The van der Waals surface area contributed by atoms with Gasteiger partial charge < -0.3 is 23.0 Å². The number of pyridine rings is 1. The SMILES string of the molecule is CC(C)[Si]1(C(C)C)OCC2OC(n3ccc(NC(=O)c4ccccc4CSSc4ccccn4)nc3=O)CC2O[Si](C(C)C)(C(C)C)O1. The molecule has 0 aliphatic carbocycles. The summed E-state index contributed by atoms with van der Waals surface area (Å²) in [5.41, 5.74) is 1.73. The zero-order valence-corrected chi connectivity index (χ0v) is 32.7. The second-order valence-corrected chi connectivity index (χ2v) is 24.8. The predicted molar refractivity (Wildman–Crippen MR) is 197 cm³/mol. The van der Waals surface area contributed by atoms with E-state index in [0.717, 1.165) is 10.6 Å². The van der Waals surface area contributed by atoms with E-state index in [0.29, 0.717) is 24.3 Å². The van der Waals surface area contributed by atoms with E-state index in [4.69, 9.17) is 17.7 Å². The second-order valence-electron chi connectivity index (χ2n) is 13.6. The van der Waals surface area contributed by atoms with Crippen molar-refractivity contribution in [1.29, 1.82) is 0 Å². The summed E-state index contributed by atoms with van der Waals surface area (Å²) in [5, 5.41) is 3.72. The molecule has 14 heteroatoms. The molecule has 2 aliphatic rings. The number of carbonyl (C=O) groups is 1. The van der Waals surface area contributed by atoms with Gasteiger partial charge in [-0.2, -0.15) is 4.98 Å². The Balaban J connectivity index is 1.31. The van der Waals surface area contributed by atoms with Crippen LogP contribution in [0.15, 0.2) is 70.7 Å². The van der Waals surface area contributed by atoms with Gasteiger partial charge >= 0.3 is 22.8 Å². The normalized spacial score (nSPS) is 22.1. The molecule has 3 aromatic rings. The lowest BCUT2D eigenvalue weighted by Gasteiger charge is -2.51. The van der Waals surface area contributed by atoms with Crippen LogP contribution in [0.2, 0.25) is 22.2 Å². The van der Waals surface area contributed by atoms with Gasteiger partial charge in [0.2, 0.25) is 0 Å². The molecule has 1 aromatic carbocycles. The number of amides is 1. The number of benzene rings is 1. The summed E-state index contributed by atoms with van der Waals surface area (Å²) in [5.74, 6) is 0.457. The van der Waals surface area contributed by atoms with Gasteiger partial charge in [-0.05, 0) is 62.8 Å². The summed E-state index contributed by atoms with van der Waals surface area (Å²) in [6.07, 6.45) is 2.65. The fraction of sp³-hybridized carbons (Fsp3) is 0.529. The highest BCUT2D eigenvalue weighted by atomic mass is 33.1. The van der Waals surface area contributed by atoms with Gasteiger partial charge in [-0.25, -0.2) is 9.78 Å². The van der Waals surface area contributed by atoms with Gasteiger partial charge in [0.25, 0.3) is 5.91 Å². The maximum Gasteiger partial charge on any atom is 0.351 e. The Hall–Kier alpha value is -2.31. The number of nitrogens with one attached hydrogen (secondary N) is 1. The molecule has 260 valence electrons. The lowest BCUT2D eigenvalue weighted by atomic mass is 10.1. The molecule has 48 heavy (non-hydrogen) atoms. The zero-order valence-electron chi connectivity index (χ0n) is 29.0. The third kappa shape index (κ3) is 7.85. The average molecular weight is 729 g/mol. The van der Waals surface area contributed by atoms with Crippen LogP contribution in [0.3, 0.4) is 0 Å². The van der Waals surface area contributed by atoms with Crippen molar-refractivity contribution in [2.45, 2.75) is 113 Å². The molecule has 3 atom stereocenters. The van der Waals surface area contributed by atoms with Crippen molar-refractivity contribution in [2.75, 3.05) is 11.9 Å². The van der Waals surface area contributed by atoms with E-state index in [1.165, 1.54) is 4.57 Å². The van der Waals surface area contributed by atoms with Gasteiger partial charge in [0.05, 0.1) is 12.7 Å². The molecule has 10 nitrogen and oxygen atoms in total. The predicted octanol–water partition coefficient (Wildman–Crippen LogP) is 8.08. The minimum Gasteiger partial charge on any atom is -0.414 e. The van der Waals surface area contributed by atoms with Gasteiger partial charge in [-0.15, -0.1) is 0 Å². The molecule has 4 heterocycles. The van der Waals surface area contributed by atoms with Crippen LogP contribution in [0.1, 0.15) is 84.0 Å². The number of anilines is 1. The number of fused-ring (bicyclic) bond motifs is 1. The first-order valence-electron chi connectivity index (χ1n) is 16.7. The Labute approximate surface area is 294 Å². The first-order chi connectivity index (χ1) is 22.9. The first-order valence-corrected chi connectivity index (χ1v) is 23.0. The smallest absolute Gasteiger partial charge is 0.351 e. The highest BCUT2D eigenvalue weighted by molar-refractivity contribution is 8.76. The number of rotatable bonds is 11. The van der Waals surface area contributed by atoms with Crippen LogP contribution in [0.5, 0.6) is 0 Å². The summed E-state index contributed by atoms with van der Waals surface area (Å²) in [4.78, 5) is 35.3. The van der Waals surface area contributed by atoms with Gasteiger partial charge in [-0.3, -0.25) is 9.36 Å². The molecule has 0 bridgehead atoms. The number of aromatic nitrogens is 3. The largest absolute Gasteiger partial charge is 0.414 e. The second kappa shape index (κ2) is 15.7. The van der Waals surface area contributed by atoms with E-state index in [2.05, 4.69) is 70.7 Å². The fourth-order valence-corrected chi connectivity index (χ4v) is 19.8. The van der Waals surface area contributed by atoms with Crippen LogP contribution in [-0.4, -0.2) is 56.4 Å². The van der Waals surface area contributed by atoms with Crippen LogP contribution >= 0.6 is 21.6 Å². The third-order valence-corrected chi connectivity index (χ3v) is 21.6. The third-order valence-electron chi connectivity index (χ3n) is 9.17. The molecule has 3 unspecified atom stereocenters. The standard InChI is InChI=1S/C34H48N4O6S2Si2/c1-22(2)47(23(3)4)41-20-29-28(43-48(44-47,24(5)6)25(7)8)19-32(42-29)38-18-16-30(37-34(38)40)36-33(39)27-14-10-9-13-26(27)21-45-46-31-15-11-12-17-35-31/h9-18,22-25,28-29,32H,19-21H2,1-8H3,(H,36,37,39,40). The number of ether oxygens (including phenoxy) is 1. The highest BCUT2D eigenvalue weighted by Gasteiger charge is 2.60. The van der Waals surface area contributed by atoms with Crippen LogP contribution in [-0.2, 0) is 23.5 Å². The van der Waals surface area contributed by atoms with Gasteiger partial charge in [0.15, 0.2) is 0 Å². The van der Waals surface area contributed by atoms with Crippen molar-refractivity contribution < 1.29 is 22.5 Å². The Morgan fingerprint density at radius 3 is 2.27 bits per heavy atom. The molecule has 5 rings (SSSR count). The van der Waals surface area contributed by atoms with E-state index >= 15 is 0 Å². The Morgan fingerprint density at radius 1 is 0.938 bits per heavy atom. The molecule has 2 saturated heterocycles. The Bertz CT molecular complexity index is 1590. The van der Waals surface area contributed by atoms with Crippen molar-refractivity contribution in [3.63, 3.8) is 0 Å². The monoisotopic (exact) mass is 728 g/mol. The fourth-order valence-electron chi connectivity index (χ4n) is 6.61. The summed E-state index contributed by atoms with van der Waals surface area (Å²) in [7, 11) is -2.35. The van der Waals surface area contributed by atoms with Gasteiger partial charge in [0, 0.05) is 30.1 Å². The number of hydrogen-bond donors (Lipinski definition) is 1. The van der Waals surface area contributed by atoms with Crippen molar-refractivity contribution in [3.05, 3.63) is 82.5 Å². The molecule has 1 amide bonds. The highest BCUT2D eigenvalue weighted by Crippen LogP contribution is 2.48. The van der Waals surface area contributed by atoms with Gasteiger partial charge in [0.1, 0.15) is 23.2 Å². The summed E-state index contributed by atoms with van der Waals surface area (Å²) >= 11 is 0. The van der Waals surface area contributed by atoms with E-state index in [9.17, 15) is 9.59 Å². The van der Waals surface area contributed by atoms with Crippen molar-refractivity contribution in [1.82, 2.24) is 14.5 Å². The van der Waals surface area contributed by atoms with E-state index in [1.54, 1.807) is 46.1 Å². The maximum atomic E-state index is 13.4. The summed E-state index contributed by atoms with van der Waals surface area (Å²) in [6, 6.07) is 14.8. The van der Waals surface area contributed by atoms with Crippen molar-refractivity contribution in [3.8, 4) is 0 Å². The average Bonchev–Trinajstić information content (AvgIpc) is 3.42. The molecule has 2 fully saturated rings. The Morgan fingerprint density at radius 2 is 1.62 bits per heavy atom. The molecule has 0 radical (unpaired) electrons. The summed E-state index contributed by atoms with van der Waals surface area (Å²) in [6.45, 7) is 17.9. The minimum absolute atomic E-state index is 0.180. The van der Waals surface area contributed by atoms with E-state index < -0.39 is 29.0 Å². The lowest BCUT2D eigenvalue weighted by Crippen LogP contribution is -2.65. The maximum absolute atomic E-state index is 13.4. The number of hydrogen-bond acceptors (Lipinski definition) is 10. The molecular formula is C34H48N4O6S2Si2. The first kappa shape index (κ1) is 37.0. The van der Waals surface area contributed by atoms with Crippen LogP contribution < -0.4 is 11.0 Å². The van der Waals surface area contributed by atoms with E-state index in [1.807, 2.05) is 36.4 Å². The molecule has 0 saturated carbocycles. The molecule has 2 aromatic heterocycles. The van der Waals surface area contributed by atoms with Crippen LogP contribution in [0.25, 0.3) is 0 Å². The quantitative estimate of drug-likeness (QED) is 0.154. The van der Waals surface area contributed by atoms with Crippen molar-refractivity contribution >= 4 is 50.4 Å². The molecular weight excluding hydrogens is 681 g/mol. The zero-order chi connectivity index (χ0) is 34.6. The molecule has 2 aliphatic heterocycles. The molecule has 1 N–H and O–H groups in total.